The SMILES string of the molecule is CCOc1cccc(CN2CCC(C(=O)O)CC2)c1O. The monoisotopic (exact) mass is 279 g/mol. The molecule has 1 aliphatic rings. The number of ether oxygens (including phenoxy) is 1. The van der Waals surface area contributed by atoms with Crippen molar-refractivity contribution in [3.63, 3.8) is 0 Å². The summed E-state index contributed by atoms with van der Waals surface area (Å²) in [4.78, 5) is 13.1. The van der Waals surface area contributed by atoms with Crippen LogP contribution in [-0.4, -0.2) is 40.8 Å². The lowest BCUT2D eigenvalue weighted by atomic mass is 9.97. The van der Waals surface area contributed by atoms with Gasteiger partial charge in [0.15, 0.2) is 11.5 Å². The topological polar surface area (TPSA) is 70.0 Å². The number of rotatable bonds is 5. The first-order valence-corrected chi connectivity index (χ1v) is 7.00. The van der Waals surface area contributed by atoms with Crippen LogP contribution in [0.1, 0.15) is 25.3 Å². The van der Waals surface area contributed by atoms with Crippen LogP contribution in [0.3, 0.4) is 0 Å². The summed E-state index contributed by atoms with van der Waals surface area (Å²) in [5.41, 5.74) is 0.824. The Labute approximate surface area is 118 Å². The number of phenolic OH excluding ortho intramolecular Hbond substituents is 1. The van der Waals surface area contributed by atoms with Crippen LogP contribution in [0.4, 0.5) is 0 Å². The summed E-state index contributed by atoms with van der Waals surface area (Å²) in [6.07, 6.45) is 1.34. The highest BCUT2D eigenvalue weighted by Crippen LogP contribution is 2.31. The van der Waals surface area contributed by atoms with Gasteiger partial charge in [-0.05, 0) is 38.9 Å². The van der Waals surface area contributed by atoms with Gasteiger partial charge in [0, 0.05) is 12.1 Å². The molecule has 0 aromatic heterocycles. The predicted molar refractivity (Wildman–Crippen MR) is 74.9 cm³/mol. The van der Waals surface area contributed by atoms with Gasteiger partial charge in [-0.25, -0.2) is 0 Å². The number of aromatic hydroxyl groups is 1. The Morgan fingerprint density at radius 3 is 2.70 bits per heavy atom. The van der Waals surface area contributed by atoms with Crippen LogP contribution in [0.15, 0.2) is 18.2 Å². The maximum Gasteiger partial charge on any atom is 0.306 e. The molecule has 1 heterocycles. The lowest BCUT2D eigenvalue weighted by molar-refractivity contribution is -0.143. The van der Waals surface area contributed by atoms with Crippen molar-refractivity contribution < 1.29 is 19.7 Å². The van der Waals surface area contributed by atoms with Crippen molar-refractivity contribution in [2.75, 3.05) is 19.7 Å². The number of para-hydroxylation sites is 1. The number of piperidine rings is 1. The molecular weight excluding hydrogens is 258 g/mol. The Hall–Kier alpha value is -1.75. The number of carbonyl (C=O) groups is 1. The number of carboxylic acid groups (broad SMARTS) is 1. The molecule has 2 N–H and O–H groups in total. The fourth-order valence-electron chi connectivity index (χ4n) is 2.55. The Kier molecular flexibility index (Phi) is 4.84. The molecule has 0 radical (unpaired) electrons. The quantitative estimate of drug-likeness (QED) is 0.863. The van der Waals surface area contributed by atoms with Crippen molar-refractivity contribution in [1.29, 1.82) is 0 Å². The molecule has 2 rings (SSSR count). The third kappa shape index (κ3) is 3.42. The van der Waals surface area contributed by atoms with E-state index in [-0.39, 0.29) is 11.7 Å². The highest BCUT2D eigenvalue weighted by atomic mass is 16.5. The smallest absolute Gasteiger partial charge is 0.306 e. The summed E-state index contributed by atoms with van der Waals surface area (Å²) in [6.45, 7) is 4.51. The van der Waals surface area contributed by atoms with Crippen molar-refractivity contribution in [2.24, 2.45) is 5.92 Å². The number of likely N-dealkylation sites (tertiary alicyclic amines) is 1. The van der Waals surface area contributed by atoms with E-state index in [9.17, 15) is 9.90 Å². The van der Waals surface area contributed by atoms with Gasteiger partial charge in [0.1, 0.15) is 0 Å². The van der Waals surface area contributed by atoms with E-state index < -0.39 is 5.97 Å². The second-order valence-corrected chi connectivity index (χ2v) is 5.09. The third-order valence-electron chi connectivity index (χ3n) is 3.71. The first-order valence-electron chi connectivity index (χ1n) is 7.00. The second-order valence-electron chi connectivity index (χ2n) is 5.09. The number of carboxylic acids is 1. The first-order chi connectivity index (χ1) is 9.61. The van der Waals surface area contributed by atoms with Crippen molar-refractivity contribution in [2.45, 2.75) is 26.3 Å². The fraction of sp³-hybridized carbons (Fsp3) is 0.533. The van der Waals surface area contributed by atoms with Crippen molar-refractivity contribution >= 4 is 5.97 Å². The zero-order valence-corrected chi connectivity index (χ0v) is 11.7. The largest absolute Gasteiger partial charge is 0.504 e. The van der Waals surface area contributed by atoms with Crippen molar-refractivity contribution in [3.8, 4) is 11.5 Å². The predicted octanol–water partition coefficient (Wildman–Crippen LogP) is 2.09. The number of nitrogens with zero attached hydrogens (tertiary/aromatic N) is 1. The molecule has 1 saturated heterocycles. The van der Waals surface area contributed by atoms with E-state index >= 15 is 0 Å². The van der Waals surface area contributed by atoms with Crippen molar-refractivity contribution in [3.05, 3.63) is 23.8 Å². The highest BCUT2D eigenvalue weighted by Gasteiger charge is 2.25. The van der Waals surface area contributed by atoms with Crippen molar-refractivity contribution in [1.82, 2.24) is 4.90 Å². The molecule has 1 aromatic carbocycles. The summed E-state index contributed by atoms with van der Waals surface area (Å²) in [6, 6.07) is 5.49. The minimum atomic E-state index is -0.703. The summed E-state index contributed by atoms with van der Waals surface area (Å²) < 4.78 is 5.37. The summed E-state index contributed by atoms with van der Waals surface area (Å²) >= 11 is 0. The third-order valence-corrected chi connectivity index (χ3v) is 3.71. The molecule has 0 unspecified atom stereocenters. The van der Waals surface area contributed by atoms with Crippen LogP contribution in [-0.2, 0) is 11.3 Å². The lowest BCUT2D eigenvalue weighted by Gasteiger charge is -2.30. The highest BCUT2D eigenvalue weighted by molar-refractivity contribution is 5.70. The van der Waals surface area contributed by atoms with E-state index in [1.807, 2.05) is 19.1 Å². The van der Waals surface area contributed by atoms with Gasteiger partial charge in [0.05, 0.1) is 12.5 Å². The van der Waals surface area contributed by atoms with Crippen LogP contribution in [0.2, 0.25) is 0 Å². The number of hydrogen-bond acceptors (Lipinski definition) is 4. The molecule has 110 valence electrons. The average Bonchev–Trinajstić information content (AvgIpc) is 2.44. The van der Waals surface area contributed by atoms with Gasteiger partial charge in [-0.15, -0.1) is 0 Å². The molecule has 0 amide bonds. The van der Waals surface area contributed by atoms with E-state index in [1.165, 1.54) is 0 Å². The first kappa shape index (κ1) is 14.7. The normalized spacial score (nSPS) is 17.1. The fourth-order valence-corrected chi connectivity index (χ4v) is 2.55. The Morgan fingerprint density at radius 1 is 1.40 bits per heavy atom. The van der Waals surface area contributed by atoms with E-state index in [2.05, 4.69) is 4.90 Å². The molecular formula is C15H21NO4. The van der Waals surface area contributed by atoms with Gasteiger partial charge in [0.25, 0.3) is 0 Å². The Bertz CT molecular complexity index is 467. The molecule has 20 heavy (non-hydrogen) atoms. The van der Waals surface area contributed by atoms with E-state index in [0.717, 1.165) is 18.7 Å². The summed E-state index contributed by atoms with van der Waals surface area (Å²) in [7, 11) is 0. The second kappa shape index (κ2) is 6.61. The molecule has 1 fully saturated rings. The van der Waals surface area contributed by atoms with E-state index in [4.69, 9.17) is 9.84 Å². The maximum absolute atomic E-state index is 10.9. The Balaban J connectivity index is 1.97. The van der Waals surface area contributed by atoms with Gasteiger partial charge in [-0.2, -0.15) is 0 Å². The molecule has 0 bridgehead atoms. The number of benzene rings is 1. The van der Waals surface area contributed by atoms with Crippen LogP contribution in [0.5, 0.6) is 11.5 Å². The van der Waals surface area contributed by atoms with E-state index in [0.29, 0.717) is 31.7 Å². The van der Waals surface area contributed by atoms with Gasteiger partial charge >= 0.3 is 5.97 Å². The Morgan fingerprint density at radius 2 is 2.10 bits per heavy atom. The molecule has 0 saturated carbocycles. The zero-order chi connectivity index (χ0) is 14.5. The molecule has 5 nitrogen and oxygen atoms in total. The van der Waals surface area contributed by atoms with Crippen LogP contribution in [0, 0.1) is 5.92 Å². The minimum absolute atomic E-state index is 0.190. The van der Waals surface area contributed by atoms with Crippen LogP contribution < -0.4 is 4.74 Å². The van der Waals surface area contributed by atoms with Crippen LogP contribution >= 0.6 is 0 Å². The molecule has 1 aromatic rings. The summed E-state index contributed by atoms with van der Waals surface area (Å²) in [5.74, 6) is -0.236. The summed E-state index contributed by atoms with van der Waals surface area (Å²) in [5, 5.41) is 19.1. The average molecular weight is 279 g/mol. The molecule has 0 atom stereocenters. The number of phenols is 1. The minimum Gasteiger partial charge on any atom is -0.504 e. The van der Waals surface area contributed by atoms with Crippen LogP contribution in [0.25, 0.3) is 0 Å². The van der Waals surface area contributed by atoms with Gasteiger partial charge in [0.2, 0.25) is 0 Å². The molecule has 1 aliphatic heterocycles. The van der Waals surface area contributed by atoms with Gasteiger partial charge in [-0.3, -0.25) is 9.69 Å². The van der Waals surface area contributed by atoms with Gasteiger partial charge < -0.3 is 14.9 Å². The van der Waals surface area contributed by atoms with Gasteiger partial charge in [-0.1, -0.05) is 12.1 Å². The number of aliphatic carboxylic acids is 1. The standard InChI is InChI=1S/C15H21NO4/c1-2-20-13-5-3-4-12(14(13)17)10-16-8-6-11(7-9-16)15(18)19/h3-5,11,17H,2,6-10H2,1H3,(H,18,19). The molecule has 5 heteroatoms. The van der Waals surface area contributed by atoms with E-state index in [1.54, 1.807) is 6.07 Å². The lowest BCUT2D eigenvalue weighted by Crippen LogP contribution is -2.35. The zero-order valence-electron chi connectivity index (χ0n) is 11.7. The molecule has 0 spiro atoms. The molecule has 0 aliphatic carbocycles. The number of hydrogen-bond donors (Lipinski definition) is 2. The maximum atomic E-state index is 10.9.